The van der Waals surface area contributed by atoms with Gasteiger partial charge in [-0.1, -0.05) is 12.2 Å². The molecule has 0 N–H and O–H groups in total. The zero-order valence-corrected chi connectivity index (χ0v) is 11.7. The second-order valence-corrected chi connectivity index (χ2v) is 6.43. The van der Waals surface area contributed by atoms with Gasteiger partial charge in [-0.25, -0.2) is 9.69 Å². The summed E-state index contributed by atoms with van der Waals surface area (Å²) in [5.41, 5.74) is 0. The molecule has 6 nitrogen and oxygen atoms in total. The van der Waals surface area contributed by atoms with Crippen molar-refractivity contribution in [1.82, 2.24) is 9.80 Å². The van der Waals surface area contributed by atoms with Crippen LogP contribution in [0.2, 0.25) is 0 Å². The van der Waals surface area contributed by atoms with Crippen molar-refractivity contribution in [3.63, 3.8) is 0 Å². The standard InChI is InChI=1S/C15H18N2O4/c18-13-8-21-15(20)17(13)11-3-4-16(7-11)14(19)12-6-9-1-2-10(12)5-9/h1-2,9-12H,3-8H2/t9-,10-,11-,12+/m0/s1. The Morgan fingerprint density at radius 2 is 2.10 bits per heavy atom. The molecule has 2 heterocycles. The summed E-state index contributed by atoms with van der Waals surface area (Å²) >= 11 is 0. The average molecular weight is 290 g/mol. The minimum absolute atomic E-state index is 0.0972. The minimum Gasteiger partial charge on any atom is -0.439 e. The molecule has 0 radical (unpaired) electrons. The van der Waals surface area contributed by atoms with Crippen LogP contribution in [0.1, 0.15) is 19.3 Å². The van der Waals surface area contributed by atoms with Crippen molar-refractivity contribution in [1.29, 1.82) is 0 Å². The molecule has 4 atom stereocenters. The van der Waals surface area contributed by atoms with Gasteiger partial charge in [-0.15, -0.1) is 0 Å². The van der Waals surface area contributed by atoms with Gasteiger partial charge in [0.15, 0.2) is 6.61 Å². The third-order valence-corrected chi connectivity index (χ3v) is 5.22. The van der Waals surface area contributed by atoms with Gasteiger partial charge in [0.2, 0.25) is 5.91 Å². The van der Waals surface area contributed by atoms with Crippen LogP contribution in [0.5, 0.6) is 0 Å². The Morgan fingerprint density at radius 3 is 2.71 bits per heavy atom. The molecule has 2 bridgehead atoms. The topological polar surface area (TPSA) is 66.9 Å². The van der Waals surface area contributed by atoms with Crippen LogP contribution in [0.4, 0.5) is 4.79 Å². The zero-order valence-electron chi connectivity index (χ0n) is 11.7. The van der Waals surface area contributed by atoms with E-state index < -0.39 is 6.09 Å². The van der Waals surface area contributed by atoms with Gasteiger partial charge in [0.25, 0.3) is 5.91 Å². The van der Waals surface area contributed by atoms with Crippen molar-refractivity contribution in [2.75, 3.05) is 19.7 Å². The lowest BCUT2D eigenvalue weighted by molar-refractivity contribution is -0.136. The summed E-state index contributed by atoms with van der Waals surface area (Å²) in [4.78, 5) is 38.9. The Kier molecular flexibility index (Phi) is 2.80. The summed E-state index contributed by atoms with van der Waals surface area (Å²) in [6, 6.07) is -0.217. The molecule has 1 saturated carbocycles. The first-order valence-electron chi connectivity index (χ1n) is 7.59. The Balaban J connectivity index is 1.42. The summed E-state index contributed by atoms with van der Waals surface area (Å²) in [7, 11) is 0. The third kappa shape index (κ3) is 1.96. The molecule has 2 aliphatic heterocycles. The summed E-state index contributed by atoms with van der Waals surface area (Å²) < 4.78 is 4.75. The highest BCUT2D eigenvalue weighted by molar-refractivity contribution is 5.98. The van der Waals surface area contributed by atoms with Crippen LogP contribution in [0.15, 0.2) is 12.2 Å². The van der Waals surface area contributed by atoms with Crippen molar-refractivity contribution in [3.8, 4) is 0 Å². The molecule has 3 amide bonds. The normalized spacial score (nSPS) is 37.7. The molecule has 2 saturated heterocycles. The second-order valence-electron chi connectivity index (χ2n) is 6.43. The SMILES string of the molecule is O=C([C@@H]1C[C@H]2C=C[C@H]1C2)N1CC[C@H](N2C(=O)COC2=O)C1. The number of fused-ring (bicyclic) bond motifs is 2. The Hall–Kier alpha value is -1.85. The van der Waals surface area contributed by atoms with Crippen molar-refractivity contribution in [2.24, 2.45) is 17.8 Å². The summed E-state index contributed by atoms with van der Waals surface area (Å²) in [5.74, 6) is 0.953. The quantitative estimate of drug-likeness (QED) is 0.705. The van der Waals surface area contributed by atoms with Crippen LogP contribution < -0.4 is 0 Å². The molecule has 112 valence electrons. The first-order valence-corrected chi connectivity index (χ1v) is 7.59. The maximum absolute atomic E-state index is 12.6. The number of amides is 3. The molecular weight excluding hydrogens is 272 g/mol. The van der Waals surface area contributed by atoms with Crippen LogP contribution >= 0.6 is 0 Å². The number of rotatable bonds is 2. The van der Waals surface area contributed by atoms with Gasteiger partial charge >= 0.3 is 6.09 Å². The number of nitrogens with zero attached hydrogens (tertiary/aromatic N) is 2. The molecule has 2 aliphatic carbocycles. The maximum atomic E-state index is 12.6. The minimum atomic E-state index is -0.567. The largest absolute Gasteiger partial charge is 0.439 e. The second kappa shape index (κ2) is 4.58. The molecular formula is C15H18N2O4. The molecule has 0 aromatic carbocycles. The molecule has 3 fully saturated rings. The van der Waals surface area contributed by atoms with E-state index in [-0.39, 0.29) is 30.4 Å². The lowest BCUT2D eigenvalue weighted by Crippen LogP contribution is -2.43. The molecule has 4 aliphatic rings. The number of hydrogen-bond donors (Lipinski definition) is 0. The molecule has 0 unspecified atom stereocenters. The number of hydrogen-bond acceptors (Lipinski definition) is 4. The van der Waals surface area contributed by atoms with Gasteiger partial charge in [0, 0.05) is 19.0 Å². The summed E-state index contributed by atoms with van der Waals surface area (Å²) in [6.45, 7) is 0.913. The van der Waals surface area contributed by atoms with Crippen molar-refractivity contribution in [3.05, 3.63) is 12.2 Å². The van der Waals surface area contributed by atoms with Crippen LogP contribution in [-0.4, -0.2) is 53.4 Å². The van der Waals surface area contributed by atoms with E-state index in [4.69, 9.17) is 4.74 Å². The Labute approximate surface area is 122 Å². The van der Waals surface area contributed by atoms with Gasteiger partial charge in [0.1, 0.15) is 0 Å². The number of ether oxygens (including phenoxy) is 1. The lowest BCUT2D eigenvalue weighted by Gasteiger charge is -2.25. The number of allylic oxidation sites excluding steroid dienone is 2. The molecule has 0 aromatic rings. The van der Waals surface area contributed by atoms with E-state index in [0.717, 1.165) is 12.8 Å². The Bertz CT molecular complexity index is 528. The van der Waals surface area contributed by atoms with Gasteiger partial charge in [-0.2, -0.15) is 0 Å². The fourth-order valence-electron chi connectivity index (χ4n) is 4.17. The highest BCUT2D eigenvalue weighted by Gasteiger charge is 2.45. The van der Waals surface area contributed by atoms with E-state index in [0.29, 0.717) is 31.3 Å². The van der Waals surface area contributed by atoms with E-state index in [9.17, 15) is 14.4 Å². The molecule has 21 heavy (non-hydrogen) atoms. The van der Waals surface area contributed by atoms with Crippen LogP contribution in [-0.2, 0) is 14.3 Å². The van der Waals surface area contributed by atoms with Crippen LogP contribution in [0, 0.1) is 17.8 Å². The van der Waals surface area contributed by atoms with Crippen molar-refractivity contribution in [2.45, 2.75) is 25.3 Å². The third-order valence-electron chi connectivity index (χ3n) is 5.22. The summed E-state index contributed by atoms with van der Waals surface area (Å²) in [6.07, 6.45) is 6.54. The molecule has 0 spiro atoms. The molecule has 6 heteroatoms. The smallest absolute Gasteiger partial charge is 0.417 e. The molecule has 0 aromatic heterocycles. The lowest BCUT2D eigenvalue weighted by atomic mass is 9.92. The van der Waals surface area contributed by atoms with Gasteiger partial charge in [0.05, 0.1) is 6.04 Å². The number of imide groups is 1. The maximum Gasteiger partial charge on any atom is 0.417 e. The van der Waals surface area contributed by atoms with Gasteiger partial charge in [-0.05, 0) is 31.1 Å². The van der Waals surface area contributed by atoms with E-state index in [1.165, 1.54) is 4.90 Å². The van der Waals surface area contributed by atoms with E-state index in [1.54, 1.807) is 0 Å². The van der Waals surface area contributed by atoms with E-state index >= 15 is 0 Å². The molecule has 4 rings (SSSR count). The van der Waals surface area contributed by atoms with E-state index in [1.807, 2.05) is 4.90 Å². The predicted molar refractivity (Wildman–Crippen MR) is 72.0 cm³/mol. The monoisotopic (exact) mass is 290 g/mol. The Morgan fingerprint density at radius 1 is 1.24 bits per heavy atom. The highest BCUT2D eigenvalue weighted by Crippen LogP contribution is 2.44. The van der Waals surface area contributed by atoms with E-state index in [2.05, 4.69) is 12.2 Å². The van der Waals surface area contributed by atoms with Gasteiger partial charge in [-0.3, -0.25) is 9.59 Å². The first kappa shape index (κ1) is 12.9. The summed E-state index contributed by atoms with van der Waals surface area (Å²) in [5, 5.41) is 0. The average Bonchev–Trinajstić information content (AvgIpc) is 3.22. The van der Waals surface area contributed by atoms with Crippen molar-refractivity contribution < 1.29 is 19.1 Å². The zero-order chi connectivity index (χ0) is 14.6. The first-order chi connectivity index (χ1) is 10.1. The van der Waals surface area contributed by atoms with Crippen LogP contribution in [0.3, 0.4) is 0 Å². The van der Waals surface area contributed by atoms with Crippen LogP contribution in [0.25, 0.3) is 0 Å². The number of cyclic esters (lactones) is 1. The number of carbonyl (C=O) groups excluding carboxylic acids is 3. The fourth-order valence-corrected chi connectivity index (χ4v) is 4.17. The highest BCUT2D eigenvalue weighted by atomic mass is 16.6. The fraction of sp³-hybridized carbons (Fsp3) is 0.667. The number of likely N-dealkylation sites (tertiary alicyclic amines) is 1. The van der Waals surface area contributed by atoms with Crippen molar-refractivity contribution >= 4 is 17.9 Å². The van der Waals surface area contributed by atoms with Gasteiger partial charge < -0.3 is 9.64 Å². The number of carbonyl (C=O) groups is 3. The predicted octanol–water partition coefficient (Wildman–Crippen LogP) is 0.778.